The molecule has 0 bridgehead atoms. The first kappa shape index (κ1) is 12.5. The van der Waals surface area contributed by atoms with Crippen molar-refractivity contribution >= 4 is 15.7 Å². The van der Waals surface area contributed by atoms with Crippen molar-refractivity contribution in [3.05, 3.63) is 54.1 Å². The van der Waals surface area contributed by atoms with Crippen molar-refractivity contribution in [3.63, 3.8) is 0 Å². The van der Waals surface area contributed by atoms with Gasteiger partial charge in [0.15, 0.2) is 0 Å². The van der Waals surface area contributed by atoms with Crippen LogP contribution in [0.1, 0.15) is 5.56 Å². The van der Waals surface area contributed by atoms with E-state index < -0.39 is 16.0 Å². The Morgan fingerprint density at radius 2 is 2.00 bits per heavy atom. The molecule has 1 aromatic carbocycles. The smallest absolute Gasteiger partial charge is 0.261 e. The summed E-state index contributed by atoms with van der Waals surface area (Å²) >= 11 is 0. The lowest BCUT2D eigenvalue weighted by molar-refractivity contribution is 0.583. The highest BCUT2D eigenvalue weighted by Crippen LogP contribution is 2.16. The Labute approximate surface area is 105 Å². The fraction of sp³-hybridized carbons (Fsp3) is 0.0833. The average Bonchev–Trinajstić information content (AvgIpc) is 2.32. The number of benzene rings is 1. The summed E-state index contributed by atoms with van der Waals surface area (Å²) in [6, 6.07) is 8.92. The standard InChI is InChI=1S/C12H11FN2O2S/c1-9-3-2-4-11(7-9)18(16,17)15-10-5-6-12(13)14-8-10/h2-8,15H,1H3. The molecular weight excluding hydrogens is 255 g/mol. The van der Waals surface area contributed by atoms with Crippen molar-refractivity contribution in [1.29, 1.82) is 0 Å². The molecule has 1 N–H and O–H groups in total. The van der Waals surface area contributed by atoms with E-state index in [1.54, 1.807) is 25.1 Å². The Hall–Kier alpha value is -1.95. The van der Waals surface area contributed by atoms with Crippen molar-refractivity contribution in [1.82, 2.24) is 4.98 Å². The van der Waals surface area contributed by atoms with Crippen LogP contribution in [0.25, 0.3) is 0 Å². The topological polar surface area (TPSA) is 59.1 Å². The second-order valence-corrected chi connectivity index (χ2v) is 5.47. The quantitative estimate of drug-likeness (QED) is 0.867. The molecule has 1 aromatic heterocycles. The van der Waals surface area contributed by atoms with Gasteiger partial charge in [-0.05, 0) is 36.8 Å². The molecule has 0 aliphatic heterocycles. The molecule has 1 heterocycles. The molecule has 0 saturated heterocycles. The molecule has 0 fully saturated rings. The third-order valence-corrected chi connectivity index (χ3v) is 3.66. The SMILES string of the molecule is Cc1cccc(S(=O)(=O)Nc2ccc(F)nc2)c1. The van der Waals surface area contributed by atoms with Crippen LogP contribution in [0.4, 0.5) is 10.1 Å². The van der Waals surface area contributed by atoms with E-state index in [1.807, 2.05) is 0 Å². The van der Waals surface area contributed by atoms with Crippen LogP contribution in [0, 0.1) is 12.9 Å². The van der Waals surface area contributed by atoms with Crippen LogP contribution in [0.5, 0.6) is 0 Å². The zero-order valence-electron chi connectivity index (χ0n) is 9.59. The number of halogens is 1. The predicted octanol–water partition coefficient (Wildman–Crippen LogP) is 2.33. The van der Waals surface area contributed by atoms with Gasteiger partial charge in [-0.1, -0.05) is 12.1 Å². The van der Waals surface area contributed by atoms with E-state index in [0.29, 0.717) is 0 Å². The zero-order valence-corrected chi connectivity index (χ0v) is 10.4. The van der Waals surface area contributed by atoms with Gasteiger partial charge in [0.05, 0.1) is 16.8 Å². The second-order valence-electron chi connectivity index (χ2n) is 3.79. The summed E-state index contributed by atoms with van der Waals surface area (Å²) in [5, 5.41) is 0. The number of nitrogens with one attached hydrogen (secondary N) is 1. The lowest BCUT2D eigenvalue weighted by Crippen LogP contribution is -2.13. The molecule has 18 heavy (non-hydrogen) atoms. The summed E-state index contributed by atoms with van der Waals surface area (Å²) in [5.74, 6) is -0.659. The fourth-order valence-electron chi connectivity index (χ4n) is 1.43. The molecule has 0 aliphatic carbocycles. The Morgan fingerprint density at radius 1 is 1.22 bits per heavy atom. The lowest BCUT2D eigenvalue weighted by atomic mass is 10.2. The molecule has 2 rings (SSSR count). The van der Waals surface area contributed by atoms with Crippen molar-refractivity contribution in [2.75, 3.05) is 4.72 Å². The van der Waals surface area contributed by atoms with Gasteiger partial charge < -0.3 is 0 Å². The molecule has 0 saturated carbocycles. The molecule has 0 radical (unpaired) electrons. The molecule has 94 valence electrons. The van der Waals surface area contributed by atoms with Gasteiger partial charge in [-0.3, -0.25) is 4.72 Å². The number of aromatic nitrogens is 1. The van der Waals surface area contributed by atoms with Gasteiger partial charge in [0, 0.05) is 0 Å². The lowest BCUT2D eigenvalue weighted by Gasteiger charge is -2.08. The number of sulfonamides is 1. The van der Waals surface area contributed by atoms with Crippen LogP contribution in [-0.4, -0.2) is 13.4 Å². The van der Waals surface area contributed by atoms with E-state index in [1.165, 1.54) is 12.1 Å². The molecule has 0 amide bonds. The Morgan fingerprint density at radius 3 is 2.61 bits per heavy atom. The van der Waals surface area contributed by atoms with Crippen LogP contribution < -0.4 is 4.72 Å². The van der Waals surface area contributed by atoms with Gasteiger partial charge in [0.1, 0.15) is 0 Å². The largest absolute Gasteiger partial charge is 0.278 e. The van der Waals surface area contributed by atoms with Crippen molar-refractivity contribution < 1.29 is 12.8 Å². The van der Waals surface area contributed by atoms with E-state index in [9.17, 15) is 12.8 Å². The van der Waals surface area contributed by atoms with Gasteiger partial charge in [-0.15, -0.1) is 0 Å². The Bertz CT molecular complexity index is 654. The van der Waals surface area contributed by atoms with Crippen LogP contribution in [0.2, 0.25) is 0 Å². The fourth-order valence-corrected chi connectivity index (χ4v) is 2.58. The summed E-state index contributed by atoms with van der Waals surface area (Å²) in [4.78, 5) is 3.54. The molecule has 0 spiro atoms. The summed E-state index contributed by atoms with van der Waals surface area (Å²) in [6.45, 7) is 1.80. The molecule has 0 aliphatic rings. The normalized spacial score (nSPS) is 11.2. The highest BCUT2D eigenvalue weighted by molar-refractivity contribution is 7.92. The summed E-state index contributed by atoms with van der Waals surface area (Å²) < 4.78 is 39.0. The van der Waals surface area contributed by atoms with E-state index in [4.69, 9.17) is 0 Å². The van der Waals surface area contributed by atoms with Crippen LogP contribution in [-0.2, 0) is 10.0 Å². The Balaban J connectivity index is 2.30. The molecule has 0 atom stereocenters. The van der Waals surface area contributed by atoms with E-state index in [0.717, 1.165) is 17.8 Å². The summed E-state index contributed by atoms with van der Waals surface area (Å²) in [6.07, 6.45) is 1.13. The number of hydrogen-bond acceptors (Lipinski definition) is 3. The summed E-state index contributed by atoms with van der Waals surface area (Å²) in [7, 11) is -3.66. The maximum Gasteiger partial charge on any atom is 0.261 e. The van der Waals surface area contributed by atoms with Crippen LogP contribution in [0.3, 0.4) is 0 Å². The van der Waals surface area contributed by atoms with Gasteiger partial charge in [-0.2, -0.15) is 4.39 Å². The zero-order chi connectivity index (χ0) is 13.2. The average molecular weight is 266 g/mol. The molecule has 0 unspecified atom stereocenters. The number of hydrogen-bond donors (Lipinski definition) is 1. The number of pyridine rings is 1. The Kier molecular flexibility index (Phi) is 3.29. The molecule has 4 nitrogen and oxygen atoms in total. The minimum atomic E-state index is -3.66. The second kappa shape index (κ2) is 4.73. The van der Waals surface area contributed by atoms with Crippen molar-refractivity contribution in [2.24, 2.45) is 0 Å². The first-order valence-electron chi connectivity index (χ1n) is 5.18. The highest BCUT2D eigenvalue weighted by atomic mass is 32.2. The van der Waals surface area contributed by atoms with Gasteiger partial charge in [0.25, 0.3) is 10.0 Å². The molecule has 2 aromatic rings. The number of rotatable bonds is 3. The summed E-state index contributed by atoms with van der Waals surface area (Å²) in [5.41, 5.74) is 1.06. The maximum atomic E-state index is 12.6. The van der Waals surface area contributed by atoms with E-state index >= 15 is 0 Å². The predicted molar refractivity (Wildman–Crippen MR) is 66.2 cm³/mol. The molecule has 6 heteroatoms. The van der Waals surface area contributed by atoms with Crippen LogP contribution in [0.15, 0.2) is 47.5 Å². The minimum absolute atomic E-state index is 0.159. The van der Waals surface area contributed by atoms with Crippen LogP contribution >= 0.6 is 0 Å². The first-order valence-corrected chi connectivity index (χ1v) is 6.67. The van der Waals surface area contributed by atoms with Gasteiger partial charge in [0.2, 0.25) is 5.95 Å². The first-order chi connectivity index (χ1) is 8.47. The number of anilines is 1. The van der Waals surface area contributed by atoms with Gasteiger partial charge >= 0.3 is 0 Å². The monoisotopic (exact) mass is 266 g/mol. The third-order valence-electron chi connectivity index (χ3n) is 2.28. The molecular formula is C12H11FN2O2S. The van der Waals surface area contributed by atoms with Crippen molar-refractivity contribution in [3.8, 4) is 0 Å². The minimum Gasteiger partial charge on any atom is -0.278 e. The third kappa shape index (κ3) is 2.84. The van der Waals surface area contributed by atoms with E-state index in [2.05, 4.69) is 9.71 Å². The number of nitrogens with zero attached hydrogens (tertiary/aromatic N) is 1. The maximum absolute atomic E-state index is 12.6. The van der Waals surface area contributed by atoms with E-state index in [-0.39, 0.29) is 10.6 Å². The van der Waals surface area contributed by atoms with Crippen molar-refractivity contribution in [2.45, 2.75) is 11.8 Å². The number of aryl methyl sites for hydroxylation is 1. The highest BCUT2D eigenvalue weighted by Gasteiger charge is 2.14. The van der Waals surface area contributed by atoms with Gasteiger partial charge in [-0.25, -0.2) is 13.4 Å².